The van der Waals surface area contributed by atoms with Crippen LogP contribution in [0.2, 0.25) is 0 Å². The lowest BCUT2D eigenvalue weighted by atomic mass is 10.1. The molecular weight excluding hydrogens is 288 g/mol. The summed E-state index contributed by atoms with van der Waals surface area (Å²) in [6.07, 6.45) is 0.962. The van der Waals surface area contributed by atoms with Gasteiger partial charge in [-0.25, -0.2) is 0 Å². The second kappa shape index (κ2) is 7.65. The van der Waals surface area contributed by atoms with Crippen molar-refractivity contribution in [1.82, 2.24) is 5.32 Å². The van der Waals surface area contributed by atoms with E-state index in [0.29, 0.717) is 36.1 Å². The molecule has 0 saturated carbocycles. The van der Waals surface area contributed by atoms with Crippen molar-refractivity contribution >= 4 is 11.8 Å². The van der Waals surface area contributed by atoms with Crippen LogP contribution in [0.5, 0.6) is 11.5 Å². The van der Waals surface area contributed by atoms with Gasteiger partial charge in [0.25, 0.3) is 11.8 Å². The van der Waals surface area contributed by atoms with Gasteiger partial charge in [-0.05, 0) is 24.6 Å². The molecular formula is C15H20N2O5. The zero-order valence-electron chi connectivity index (χ0n) is 12.5. The molecule has 1 saturated heterocycles. The van der Waals surface area contributed by atoms with Gasteiger partial charge in [-0.2, -0.15) is 0 Å². The Morgan fingerprint density at radius 2 is 2.23 bits per heavy atom. The van der Waals surface area contributed by atoms with Crippen molar-refractivity contribution < 1.29 is 23.8 Å². The minimum atomic E-state index is -0.581. The largest absolute Gasteiger partial charge is 0.493 e. The number of methoxy groups -OCH3 is 1. The standard InChI is InChI=1S/C15H20N2O5/c1-20-13-6-11(2-3-12(13)22-9-14(16)18)15(19)17-7-10-4-5-21-8-10/h2-3,6,10H,4-5,7-9H2,1H3,(H2,16,18)(H,17,19). The highest BCUT2D eigenvalue weighted by Gasteiger charge is 2.17. The molecule has 0 bridgehead atoms. The molecule has 2 amide bonds. The number of carbonyl (C=O) groups is 2. The van der Waals surface area contributed by atoms with Crippen LogP contribution < -0.4 is 20.5 Å². The molecule has 2 rings (SSSR count). The molecule has 120 valence electrons. The molecule has 22 heavy (non-hydrogen) atoms. The van der Waals surface area contributed by atoms with E-state index in [1.165, 1.54) is 7.11 Å². The highest BCUT2D eigenvalue weighted by molar-refractivity contribution is 5.94. The molecule has 0 spiro atoms. The first kappa shape index (κ1) is 16.1. The van der Waals surface area contributed by atoms with E-state index in [1.54, 1.807) is 18.2 Å². The first-order valence-corrected chi connectivity index (χ1v) is 7.05. The van der Waals surface area contributed by atoms with Crippen LogP contribution in [0.4, 0.5) is 0 Å². The fraction of sp³-hybridized carbons (Fsp3) is 0.467. The number of ether oxygens (including phenoxy) is 3. The summed E-state index contributed by atoms with van der Waals surface area (Å²) in [5.74, 6) is 0.332. The van der Waals surface area contributed by atoms with Gasteiger partial charge in [0.15, 0.2) is 18.1 Å². The van der Waals surface area contributed by atoms with Crippen LogP contribution in [0.1, 0.15) is 16.8 Å². The average Bonchev–Trinajstić information content (AvgIpc) is 3.03. The minimum Gasteiger partial charge on any atom is -0.493 e. The summed E-state index contributed by atoms with van der Waals surface area (Å²) >= 11 is 0. The van der Waals surface area contributed by atoms with Crippen LogP contribution in [-0.4, -0.2) is 45.3 Å². The normalized spacial score (nSPS) is 17.0. The van der Waals surface area contributed by atoms with Gasteiger partial charge in [-0.1, -0.05) is 0 Å². The van der Waals surface area contributed by atoms with Crippen LogP contribution >= 0.6 is 0 Å². The number of primary amides is 1. The lowest BCUT2D eigenvalue weighted by Gasteiger charge is -2.12. The molecule has 0 aliphatic carbocycles. The van der Waals surface area contributed by atoms with Gasteiger partial charge in [0.05, 0.1) is 13.7 Å². The summed E-state index contributed by atoms with van der Waals surface area (Å²) in [6, 6.07) is 4.76. The Balaban J connectivity index is 1.97. The maximum Gasteiger partial charge on any atom is 0.255 e. The molecule has 0 aromatic heterocycles. The Morgan fingerprint density at radius 1 is 1.41 bits per heavy atom. The molecule has 1 heterocycles. The number of rotatable bonds is 7. The number of hydrogen-bond donors (Lipinski definition) is 2. The van der Waals surface area contributed by atoms with Crippen LogP contribution in [0.15, 0.2) is 18.2 Å². The second-order valence-corrected chi connectivity index (χ2v) is 5.06. The summed E-state index contributed by atoms with van der Waals surface area (Å²) in [7, 11) is 1.46. The quantitative estimate of drug-likeness (QED) is 0.756. The predicted octanol–water partition coefficient (Wildman–Crippen LogP) is 0.326. The van der Waals surface area contributed by atoms with Gasteiger partial charge in [-0.3, -0.25) is 9.59 Å². The highest BCUT2D eigenvalue weighted by Crippen LogP contribution is 2.28. The Labute approximate surface area is 128 Å². The lowest BCUT2D eigenvalue weighted by molar-refractivity contribution is -0.119. The third-order valence-corrected chi connectivity index (χ3v) is 3.37. The van der Waals surface area contributed by atoms with E-state index in [4.69, 9.17) is 19.9 Å². The third kappa shape index (κ3) is 4.36. The van der Waals surface area contributed by atoms with Gasteiger partial charge in [-0.15, -0.1) is 0 Å². The summed E-state index contributed by atoms with van der Waals surface area (Å²) in [6.45, 7) is 1.77. The van der Waals surface area contributed by atoms with E-state index in [1.807, 2.05) is 0 Å². The summed E-state index contributed by atoms with van der Waals surface area (Å²) < 4.78 is 15.7. The molecule has 1 aliphatic heterocycles. The second-order valence-electron chi connectivity index (χ2n) is 5.06. The Bertz CT molecular complexity index is 541. The number of hydrogen-bond acceptors (Lipinski definition) is 5. The molecule has 1 aromatic rings. The third-order valence-electron chi connectivity index (χ3n) is 3.37. The zero-order chi connectivity index (χ0) is 15.9. The monoisotopic (exact) mass is 308 g/mol. The van der Waals surface area contributed by atoms with E-state index in [2.05, 4.69) is 5.32 Å². The molecule has 1 atom stereocenters. The van der Waals surface area contributed by atoms with E-state index in [-0.39, 0.29) is 12.5 Å². The predicted molar refractivity (Wildman–Crippen MR) is 78.9 cm³/mol. The SMILES string of the molecule is COc1cc(C(=O)NCC2CCOC2)ccc1OCC(N)=O. The Kier molecular flexibility index (Phi) is 5.60. The fourth-order valence-corrected chi connectivity index (χ4v) is 2.16. The van der Waals surface area contributed by atoms with E-state index in [0.717, 1.165) is 13.0 Å². The van der Waals surface area contributed by atoms with Crippen molar-refractivity contribution in [2.24, 2.45) is 11.7 Å². The van der Waals surface area contributed by atoms with Crippen LogP contribution in [0.25, 0.3) is 0 Å². The fourth-order valence-electron chi connectivity index (χ4n) is 2.16. The smallest absolute Gasteiger partial charge is 0.255 e. The van der Waals surface area contributed by atoms with Crippen molar-refractivity contribution in [2.75, 3.05) is 33.5 Å². The summed E-state index contributed by atoms with van der Waals surface area (Å²) in [4.78, 5) is 22.9. The first-order valence-electron chi connectivity index (χ1n) is 7.05. The van der Waals surface area contributed by atoms with Gasteiger partial charge in [0, 0.05) is 24.6 Å². The molecule has 3 N–H and O–H groups in total. The molecule has 1 aromatic carbocycles. The minimum absolute atomic E-state index is 0.188. The van der Waals surface area contributed by atoms with Gasteiger partial charge in [0.2, 0.25) is 0 Å². The molecule has 7 heteroatoms. The topological polar surface area (TPSA) is 99.9 Å². The van der Waals surface area contributed by atoms with Gasteiger partial charge >= 0.3 is 0 Å². The van der Waals surface area contributed by atoms with Crippen LogP contribution in [0.3, 0.4) is 0 Å². The van der Waals surface area contributed by atoms with Crippen molar-refractivity contribution in [3.05, 3.63) is 23.8 Å². The first-order chi connectivity index (χ1) is 10.6. The van der Waals surface area contributed by atoms with Gasteiger partial charge < -0.3 is 25.3 Å². The maximum absolute atomic E-state index is 12.1. The van der Waals surface area contributed by atoms with Crippen LogP contribution in [-0.2, 0) is 9.53 Å². The molecule has 1 aliphatic rings. The number of benzene rings is 1. The highest BCUT2D eigenvalue weighted by atomic mass is 16.5. The lowest BCUT2D eigenvalue weighted by Crippen LogP contribution is -2.29. The molecule has 7 nitrogen and oxygen atoms in total. The van der Waals surface area contributed by atoms with E-state index >= 15 is 0 Å². The van der Waals surface area contributed by atoms with E-state index < -0.39 is 5.91 Å². The molecule has 1 fully saturated rings. The number of carbonyl (C=O) groups excluding carboxylic acids is 2. The summed E-state index contributed by atoms with van der Waals surface area (Å²) in [5, 5.41) is 2.87. The van der Waals surface area contributed by atoms with Crippen molar-refractivity contribution in [1.29, 1.82) is 0 Å². The molecule has 0 radical (unpaired) electrons. The zero-order valence-corrected chi connectivity index (χ0v) is 12.5. The van der Waals surface area contributed by atoms with Gasteiger partial charge in [0.1, 0.15) is 0 Å². The van der Waals surface area contributed by atoms with Crippen molar-refractivity contribution in [3.8, 4) is 11.5 Å². The Hall–Kier alpha value is -2.28. The number of amides is 2. The Morgan fingerprint density at radius 3 is 2.86 bits per heavy atom. The number of nitrogens with two attached hydrogens (primary N) is 1. The number of nitrogens with one attached hydrogen (secondary N) is 1. The average molecular weight is 308 g/mol. The van der Waals surface area contributed by atoms with Crippen molar-refractivity contribution in [3.63, 3.8) is 0 Å². The maximum atomic E-state index is 12.1. The summed E-state index contributed by atoms with van der Waals surface area (Å²) in [5.41, 5.74) is 5.49. The van der Waals surface area contributed by atoms with Crippen LogP contribution in [0, 0.1) is 5.92 Å². The van der Waals surface area contributed by atoms with Crippen molar-refractivity contribution in [2.45, 2.75) is 6.42 Å². The molecule has 1 unspecified atom stereocenters. The van der Waals surface area contributed by atoms with E-state index in [9.17, 15) is 9.59 Å².